The molecule has 0 unspecified atom stereocenters. The summed E-state index contributed by atoms with van der Waals surface area (Å²) in [6.45, 7) is 0.748. The minimum atomic E-state index is 0.458. The maximum Gasteiger partial charge on any atom is 0.173 e. The van der Waals surface area contributed by atoms with Crippen molar-refractivity contribution in [3.63, 3.8) is 0 Å². The maximum absolute atomic E-state index is 5.79. The van der Waals surface area contributed by atoms with E-state index in [0.29, 0.717) is 6.04 Å². The summed E-state index contributed by atoms with van der Waals surface area (Å²) in [5.74, 6) is 1.84. The highest BCUT2D eigenvalue weighted by molar-refractivity contribution is 7.80. The number of hydrogen-bond acceptors (Lipinski definition) is 3. The zero-order valence-electron chi connectivity index (χ0n) is 16.1. The SMILES string of the molecule is COc1ccc(N(C(=S)NCCc2nc3ccccc3[nH]2)C2CCCC2)cc1. The predicted octanol–water partition coefficient (Wildman–Crippen LogP) is 4.44. The zero-order chi connectivity index (χ0) is 19.3. The highest BCUT2D eigenvalue weighted by atomic mass is 32.1. The number of benzene rings is 2. The smallest absolute Gasteiger partial charge is 0.173 e. The van der Waals surface area contributed by atoms with Gasteiger partial charge in [0.2, 0.25) is 0 Å². The molecule has 1 aromatic heterocycles. The summed E-state index contributed by atoms with van der Waals surface area (Å²) in [5.41, 5.74) is 3.20. The Morgan fingerprint density at radius 1 is 1.18 bits per heavy atom. The Kier molecular flexibility index (Phi) is 5.76. The van der Waals surface area contributed by atoms with E-state index in [2.05, 4.69) is 38.4 Å². The fourth-order valence-corrected chi connectivity index (χ4v) is 4.25. The van der Waals surface area contributed by atoms with E-state index in [1.54, 1.807) is 7.11 Å². The molecule has 4 rings (SSSR count). The molecular weight excluding hydrogens is 368 g/mol. The third-order valence-corrected chi connectivity index (χ3v) is 5.68. The quantitative estimate of drug-likeness (QED) is 0.606. The van der Waals surface area contributed by atoms with Gasteiger partial charge in [-0.3, -0.25) is 0 Å². The second-order valence-corrected chi connectivity index (χ2v) is 7.58. The van der Waals surface area contributed by atoms with Gasteiger partial charge in [-0.2, -0.15) is 0 Å². The van der Waals surface area contributed by atoms with Crippen LogP contribution in [0.5, 0.6) is 5.75 Å². The number of imidazole rings is 1. The number of aromatic nitrogens is 2. The first-order valence-corrected chi connectivity index (χ1v) is 10.3. The zero-order valence-corrected chi connectivity index (χ0v) is 17.0. The number of aromatic amines is 1. The molecule has 0 spiro atoms. The molecule has 0 saturated heterocycles. The summed E-state index contributed by atoms with van der Waals surface area (Å²) in [6, 6.07) is 16.7. The number of rotatable bonds is 6. The number of hydrogen-bond donors (Lipinski definition) is 2. The number of nitrogens with zero attached hydrogens (tertiary/aromatic N) is 2. The highest BCUT2D eigenvalue weighted by Gasteiger charge is 2.26. The van der Waals surface area contributed by atoms with Crippen LogP contribution in [0.3, 0.4) is 0 Å². The van der Waals surface area contributed by atoms with Gasteiger partial charge in [0.1, 0.15) is 11.6 Å². The second kappa shape index (κ2) is 8.61. The molecular formula is C22H26N4OS. The van der Waals surface area contributed by atoms with Gasteiger partial charge in [0.05, 0.1) is 18.1 Å². The van der Waals surface area contributed by atoms with Gasteiger partial charge in [0, 0.05) is 24.7 Å². The van der Waals surface area contributed by atoms with Crippen LogP contribution < -0.4 is 15.0 Å². The summed E-state index contributed by atoms with van der Waals surface area (Å²) in [7, 11) is 1.69. The van der Waals surface area contributed by atoms with Crippen molar-refractivity contribution in [2.24, 2.45) is 0 Å². The molecule has 0 aliphatic heterocycles. The molecule has 0 radical (unpaired) electrons. The van der Waals surface area contributed by atoms with Crippen LogP contribution in [-0.2, 0) is 6.42 Å². The lowest BCUT2D eigenvalue weighted by Crippen LogP contribution is -2.46. The molecule has 146 valence electrons. The summed E-state index contributed by atoms with van der Waals surface area (Å²) in [4.78, 5) is 10.3. The number of thiocarbonyl (C=S) groups is 1. The van der Waals surface area contributed by atoms with Crippen LogP contribution >= 0.6 is 12.2 Å². The fourth-order valence-electron chi connectivity index (χ4n) is 3.90. The van der Waals surface area contributed by atoms with Gasteiger partial charge in [0.15, 0.2) is 5.11 Å². The maximum atomic E-state index is 5.79. The van der Waals surface area contributed by atoms with Gasteiger partial charge in [-0.15, -0.1) is 0 Å². The van der Waals surface area contributed by atoms with Crippen LogP contribution in [-0.4, -0.2) is 34.8 Å². The summed E-state index contributed by atoms with van der Waals surface area (Å²) in [5, 5.41) is 4.23. The van der Waals surface area contributed by atoms with E-state index in [1.165, 1.54) is 25.7 Å². The van der Waals surface area contributed by atoms with Gasteiger partial charge >= 0.3 is 0 Å². The lowest BCUT2D eigenvalue weighted by molar-refractivity contribution is 0.415. The largest absolute Gasteiger partial charge is 0.497 e. The van der Waals surface area contributed by atoms with Crippen LogP contribution in [0.4, 0.5) is 5.69 Å². The Morgan fingerprint density at radius 2 is 1.93 bits per heavy atom. The van der Waals surface area contributed by atoms with Gasteiger partial charge < -0.3 is 19.9 Å². The highest BCUT2D eigenvalue weighted by Crippen LogP contribution is 2.29. The number of ether oxygens (including phenoxy) is 1. The number of anilines is 1. The molecule has 1 saturated carbocycles. The van der Waals surface area contributed by atoms with Crippen LogP contribution in [0.25, 0.3) is 11.0 Å². The van der Waals surface area contributed by atoms with Crippen LogP contribution in [0.2, 0.25) is 0 Å². The first kappa shape index (κ1) is 18.7. The summed E-state index contributed by atoms with van der Waals surface area (Å²) in [6.07, 6.45) is 5.68. The molecule has 1 aliphatic carbocycles. The third-order valence-electron chi connectivity index (χ3n) is 5.34. The minimum Gasteiger partial charge on any atom is -0.497 e. The van der Waals surface area contributed by atoms with Gasteiger partial charge in [-0.05, 0) is 61.5 Å². The summed E-state index contributed by atoms with van der Waals surface area (Å²) < 4.78 is 5.30. The first-order chi connectivity index (χ1) is 13.7. The Labute approximate surface area is 171 Å². The van der Waals surface area contributed by atoms with Crippen LogP contribution in [0.15, 0.2) is 48.5 Å². The van der Waals surface area contributed by atoms with Crippen molar-refractivity contribution in [3.8, 4) is 5.75 Å². The van der Waals surface area contributed by atoms with E-state index in [9.17, 15) is 0 Å². The van der Waals surface area contributed by atoms with E-state index in [4.69, 9.17) is 17.0 Å². The molecule has 1 aliphatic rings. The first-order valence-electron chi connectivity index (χ1n) is 9.89. The normalized spacial score (nSPS) is 14.3. The lowest BCUT2D eigenvalue weighted by atomic mass is 10.2. The summed E-state index contributed by atoms with van der Waals surface area (Å²) >= 11 is 5.79. The molecule has 2 aromatic carbocycles. The van der Waals surface area contributed by atoms with E-state index >= 15 is 0 Å². The van der Waals surface area contributed by atoms with Crippen molar-refractivity contribution in [1.82, 2.24) is 15.3 Å². The predicted molar refractivity (Wildman–Crippen MR) is 118 cm³/mol. The van der Waals surface area contributed by atoms with Gasteiger partial charge in [-0.25, -0.2) is 4.98 Å². The lowest BCUT2D eigenvalue weighted by Gasteiger charge is -2.32. The van der Waals surface area contributed by atoms with E-state index in [0.717, 1.165) is 46.4 Å². The Bertz CT molecular complexity index is 898. The number of methoxy groups -OCH3 is 1. The molecule has 5 nitrogen and oxygen atoms in total. The topological polar surface area (TPSA) is 53.2 Å². The third kappa shape index (κ3) is 4.12. The molecule has 1 heterocycles. The Morgan fingerprint density at radius 3 is 2.64 bits per heavy atom. The molecule has 1 fully saturated rings. The van der Waals surface area contributed by atoms with Crippen molar-refractivity contribution in [3.05, 3.63) is 54.4 Å². The number of H-pyrrole nitrogens is 1. The Balaban J connectivity index is 1.42. The van der Waals surface area contributed by atoms with Crippen molar-refractivity contribution in [2.75, 3.05) is 18.6 Å². The molecule has 2 N–H and O–H groups in total. The number of nitrogens with one attached hydrogen (secondary N) is 2. The van der Waals surface area contributed by atoms with Gasteiger partial charge in [0.25, 0.3) is 0 Å². The average Bonchev–Trinajstić information content (AvgIpc) is 3.38. The van der Waals surface area contributed by atoms with E-state index in [1.807, 2.05) is 30.3 Å². The molecule has 6 heteroatoms. The van der Waals surface area contributed by atoms with Crippen molar-refractivity contribution in [2.45, 2.75) is 38.1 Å². The van der Waals surface area contributed by atoms with Crippen molar-refractivity contribution >= 4 is 34.1 Å². The molecule has 0 amide bonds. The molecule has 3 aromatic rings. The standard InChI is InChI=1S/C22H26N4OS/c1-27-18-12-10-17(11-13-18)26(16-6-2-3-7-16)22(28)23-15-14-21-24-19-8-4-5-9-20(19)25-21/h4-5,8-13,16H,2-3,6-7,14-15H2,1H3,(H,23,28)(H,24,25). The van der Waals surface area contributed by atoms with Crippen LogP contribution in [0, 0.1) is 0 Å². The fraction of sp³-hybridized carbons (Fsp3) is 0.364. The van der Waals surface area contributed by atoms with Gasteiger partial charge in [-0.1, -0.05) is 25.0 Å². The van der Waals surface area contributed by atoms with Crippen LogP contribution in [0.1, 0.15) is 31.5 Å². The number of fused-ring (bicyclic) bond motifs is 1. The molecule has 0 atom stereocenters. The molecule has 28 heavy (non-hydrogen) atoms. The van der Waals surface area contributed by atoms with Crippen molar-refractivity contribution in [1.29, 1.82) is 0 Å². The second-order valence-electron chi connectivity index (χ2n) is 7.19. The van der Waals surface area contributed by atoms with E-state index < -0.39 is 0 Å². The number of para-hydroxylation sites is 2. The van der Waals surface area contributed by atoms with Crippen molar-refractivity contribution < 1.29 is 4.74 Å². The average molecular weight is 395 g/mol. The molecule has 0 bridgehead atoms. The monoisotopic (exact) mass is 394 g/mol. The Hall–Kier alpha value is -2.60. The minimum absolute atomic E-state index is 0.458. The van der Waals surface area contributed by atoms with E-state index in [-0.39, 0.29) is 0 Å².